The maximum absolute atomic E-state index is 12.5. The van der Waals surface area contributed by atoms with E-state index in [-0.39, 0.29) is 11.9 Å². The van der Waals surface area contributed by atoms with Crippen molar-refractivity contribution < 1.29 is 9.59 Å². The first-order valence-electron chi connectivity index (χ1n) is 8.12. The number of amides is 3. The van der Waals surface area contributed by atoms with Crippen LogP contribution in [0.4, 0.5) is 10.5 Å². The minimum absolute atomic E-state index is 0.0314. The second kappa shape index (κ2) is 7.85. The van der Waals surface area contributed by atoms with Gasteiger partial charge in [0.05, 0.1) is 0 Å². The lowest BCUT2D eigenvalue weighted by molar-refractivity contribution is 0.0665. The van der Waals surface area contributed by atoms with E-state index in [1.807, 2.05) is 55.1 Å². The highest BCUT2D eigenvalue weighted by atomic mass is 16.2. The number of piperazine rings is 1. The molecule has 3 amide bonds. The molecule has 6 nitrogen and oxygen atoms in total. The number of hydrogen-bond acceptors (Lipinski definition) is 3. The molecular weight excluding hydrogens is 292 g/mol. The Balaban J connectivity index is 1.89. The van der Waals surface area contributed by atoms with Crippen LogP contribution in [0.3, 0.4) is 0 Å². The van der Waals surface area contributed by atoms with Crippen molar-refractivity contribution in [2.75, 3.05) is 51.7 Å². The minimum Gasteiger partial charge on any atom is -0.378 e. The Labute approximate surface area is 138 Å². The first-order chi connectivity index (χ1) is 11.0. The molecule has 0 aliphatic carbocycles. The van der Waals surface area contributed by atoms with Gasteiger partial charge in [-0.25, -0.2) is 4.79 Å². The molecule has 23 heavy (non-hydrogen) atoms. The first kappa shape index (κ1) is 17.1. The van der Waals surface area contributed by atoms with Gasteiger partial charge in [-0.15, -0.1) is 0 Å². The second-order valence-electron chi connectivity index (χ2n) is 5.95. The summed E-state index contributed by atoms with van der Waals surface area (Å²) in [6.07, 6.45) is 0.924. The van der Waals surface area contributed by atoms with Crippen LogP contribution in [0, 0.1) is 0 Å². The standard InChI is InChI=1S/C17H26N4O2/c1-4-9-18-17(23)21-12-10-20(11-13-21)16(22)14-5-7-15(8-6-14)19(2)3/h5-8H,4,9-13H2,1-3H3,(H,18,23). The van der Waals surface area contributed by atoms with E-state index in [9.17, 15) is 9.59 Å². The van der Waals surface area contributed by atoms with E-state index in [4.69, 9.17) is 0 Å². The third-order valence-electron chi connectivity index (χ3n) is 4.01. The lowest BCUT2D eigenvalue weighted by Gasteiger charge is -2.34. The zero-order valence-corrected chi connectivity index (χ0v) is 14.2. The van der Waals surface area contributed by atoms with Crippen molar-refractivity contribution in [3.05, 3.63) is 29.8 Å². The summed E-state index contributed by atoms with van der Waals surface area (Å²) in [5.74, 6) is 0.0314. The molecule has 1 fully saturated rings. The van der Waals surface area contributed by atoms with Crippen LogP contribution >= 0.6 is 0 Å². The summed E-state index contributed by atoms with van der Waals surface area (Å²) in [6, 6.07) is 7.58. The van der Waals surface area contributed by atoms with Crippen LogP contribution in [0.5, 0.6) is 0 Å². The van der Waals surface area contributed by atoms with Crippen molar-refractivity contribution in [1.29, 1.82) is 0 Å². The van der Waals surface area contributed by atoms with Crippen molar-refractivity contribution in [3.63, 3.8) is 0 Å². The van der Waals surface area contributed by atoms with Crippen LogP contribution in [0.15, 0.2) is 24.3 Å². The van der Waals surface area contributed by atoms with Crippen molar-refractivity contribution in [2.24, 2.45) is 0 Å². The van der Waals surface area contributed by atoms with E-state index >= 15 is 0 Å². The van der Waals surface area contributed by atoms with Gasteiger partial charge in [0.2, 0.25) is 0 Å². The van der Waals surface area contributed by atoms with E-state index in [2.05, 4.69) is 5.32 Å². The third kappa shape index (κ3) is 4.37. The fourth-order valence-corrected chi connectivity index (χ4v) is 2.54. The number of carbonyl (C=O) groups excluding carboxylic acids is 2. The number of rotatable bonds is 4. The van der Waals surface area contributed by atoms with Crippen molar-refractivity contribution in [2.45, 2.75) is 13.3 Å². The molecule has 0 spiro atoms. The third-order valence-corrected chi connectivity index (χ3v) is 4.01. The topological polar surface area (TPSA) is 55.9 Å². The van der Waals surface area contributed by atoms with Crippen molar-refractivity contribution in [3.8, 4) is 0 Å². The average Bonchev–Trinajstić information content (AvgIpc) is 2.59. The highest BCUT2D eigenvalue weighted by molar-refractivity contribution is 5.94. The van der Waals surface area contributed by atoms with Crippen LogP contribution in [0.2, 0.25) is 0 Å². The molecule has 1 heterocycles. The second-order valence-corrected chi connectivity index (χ2v) is 5.95. The molecule has 0 unspecified atom stereocenters. The Morgan fingerprint density at radius 2 is 1.61 bits per heavy atom. The van der Waals surface area contributed by atoms with Gasteiger partial charge in [0.1, 0.15) is 0 Å². The van der Waals surface area contributed by atoms with Gasteiger partial charge in [0.15, 0.2) is 0 Å². The number of urea groups is 1. The van der Waals surface area contributed by atoms with Crippen molar-refractivity contribution in [1.82, 2.24) is 15.1 Å². The summed E-state index contributed by atoms with van der Waals surface area (Å²) in [5.41, 5.74) is 1.76. The maximum atomic E-state index is 12.5. The SMILES string of the molecule is CCCNC(=O)N1CCN(C(=O)c2ccc(N(C)C)cc2)CC1. The number of hydrogen-bond donors (Lipinski definition) is 1. The van der Waals surface area contributed by atoms with Gasteiger partial charge in [0.25, 0.3) is 5.91 Å². The minimum atomic E-state index is -0.0331. The zero-order chi connectivity index (χ0) is 16.8. The molecule has 1 aromatic carbocycles. The van der Waals surface area contributed by atoms with E-state index in [0.717, 1.165) is 12.1 Å². The van der Waals surface area contributed by atoms with Gasteiger partial charge in [-0.3, -0.25) is 4.79 Å². The molecule has 1 aromatic rings. The monoisotopic (exact) mass is 318 g/mol. The van der Waals surface area contributed by atoms with E-state index in [0.29, 0.717) is 38.3 Å². The zero-order valence-electron chi connectivity index (χ0n) is 14.2. The number of nitrogens with zero attached hydrogens (tertiary/aromatic N) is 3. The van der Waals surface area contributed by atoms with Crippen LogP contribution in [0.1, 0.15) is 23.7 Å². The number of anilines is 1. The van der Waals surface area contributed by atoms with E-state index in [1.165, 1.54) is 0 Å². The van der Waals surface area contributed by atoms with Gasteiger partial charge in [0, 0.05) is 58.1 Å². The summed E-state index contributed by atoms with van der Waals surface area (Å²) in [6.45, 7) is 5.03. The van der Waals surface area contributed by atoms with Gasteiger partial charge in [-0.1, -0.05) is 6.92 Å². The van der Waals surface area contributed by atoms with Gasteiger partial charge in [-0.2, -0.15) is 0 Å². The molecule has 0 saturated carbocycles. The molecule has 0 radical (unpaired) electrons. The molecule has 126 valence electrons. The highest BCUT2D eigenvalue weighted by Gasteiger charge is 2.24. The van der Waals surface area contributed by atoms with Crippen molar-refractivity contribution >= 4 is 17.6 Å². The normalized spacial score (nSPS) is 14.6. The smallest absolute Gasteiger partial charge is 0.317 e. The Morgan fingerprint density at radius 1 is 1.04 bits per heavy atom. The molecule has 2 rings (SSSR count). The van der Waals surface area contributed by atoms with Gasteiger partial charge in [-0.05, 0) is 30.7 Å². The Kier molecular flexibility index (Phi) is 5.84. The fourth-order valence-electron chi connectivity index (χ4n) is 2.54. The molecule has 1 N–H and O–H groups in total. The fraction of sp³-hybridized carbons (Fsp3) is 0.529. The lowest BCUT2D eigenvalue weighted by Crippen LogP contribution is -2.53. The summed E-state index contributed by atoms with van der Waals surface area (Å²) in [7, 11) is 3.94. The largest absolute Gasteiger partial charge is 0.378 e. The predicted octanol–water partition coefficient (Wildman–Crippen LogP) is 1.63. The quantitative estimate of drug-likeness (QED) is 0.918. The molecule has 0 bridgehead atoms. The molecule has 1 aliphatic rings. The van der Waals surface area contributed by atoms with Gasteiger partial charge >= 0.3 is 6.03 Å². The Bertz CT molecular complexity index is 534. The summed E-state index contributed by atoms with van der Waals surface area (Å²) in [4.78, 5) is 30.0. The molecule has 1 saturated heterocycles. The Hall–Kier alpha value is -2.24. The molecular formula is C17H26N4O2. The Morgan fingerprint density at radius 3 is 2.13 bits per heavy atom. The molecule has 0 aromatic heterocycles. The predicted molar refractivity (Wildman–Crippen MR) is 91.9 cm³/mol. The number of benzene rings is 1. The summed E-state index contributed by atoms with van der Waals surface area (Å²) < 4.78 is 0. The molecule has 0 atom stereocenters. The number of nitrogens with one attached hydrogen (secondary N) is 1. The van der Waals surface area contributed by atoms with E-state index < -0.39 is 0 Å². The molecule has 1 aliphatic heterocycles. The lowest BCUT2D eigenvalue weighted by atomic mass is 10.1. The van der Waals surface area contributed by atoms with Gasteiger partial charge < -0.3 is 20.0 Å². The number of carbonyl (C=O) groups is 2. The van der Waals surface area contributed by atoms with Crippen LogP contribution in [-0.4, -0.2) is 68.6 Å². The average molecular weight is 318 g/mol. The van der Waals surface area contributed by atoms with Crippen LogP contribution < -0.4 is 10.2 Å². The van der Waals surface area contributed by atoms with Crippen LogP contribution in [-0.2, 0) is 0 Å². The highest BCUT2D eigenvalue weighted by Crippen LogP contribution is 2.15. The summed E-state index contributed by atoms with van der Waals surface area (Å²) >= 11 is 0. The first-order valence-corrected chi connectivity index (χ1v) is 8.12. The summed E-state index contributed by atoms with van der Waals surface area (Å²) in [5, 5.41) is 2.87. The maximum Gasteiger partial charge on any atom is 0.317 e. The molecule has 6 heteroatoms. The van der Waals surface area contributed by atoms with E-state index in [1.54, 1.807) is 4.90 Å². The van der Waals surface area contributed by atoms with Crippen LogP contribution in [0.25, 0.3) is 0 Å².